The summed E-state index contributed by atoms with van der Waals surface area (Å²) in [4.78, 5) is 0. The molecule has 1 N–H and O–H groups in total. The van der Waals surface area contributed by atoms with E-state index < -0.39 is 0 Å². The van der Waals surface area contributed by atoms with E-state index in [2.05, 4.69) is 36.5 Å². The molecule has 0 saturated carbocycles. The van der Waals surface area contributed by atoms with Gasteiger partial charge in [-0.1, -0.05) is 29.3 Å². The monoisotopic (exact) mass is 271 g/mol. The average molecular weight is 271 g/mol. The molecule has 0 fully saturated rings. The minimum atomic E-state index is 0.312. The summed E-state index contributed by atoms with van der Waals surface area (Å²) < 4.78 is 5.98. The van der Waals surface area contributed by atoms with Crippen LogP contribution in [0.5, 0.6) is 5.75 Å². The lowest BCUT2D eigenvalue weighted by Gasteiger charge is -2.15. The van der Waals surface area contributed by atoms with Crippen LogP contribution in [-0.2, 0) is 6.42 Å². The van der Waals surface area contributed by atoms with Crippen molar-refractivity contribution in [3.63, 3.8) is 0 Å². The second-order valence-corrected chi connectivity index (χ2v) is 6.12. The van der Waals surface area contributed by atoms with Gasteiger partial charge in [0.15, 0.2) is 0 Å². The van der Waals surface area contributed by atoms with Crippen LogP contribution in [0.4, 0.5) is 0 Å². The van der Waals surface area contributed by atoms with Crippen LogP contribution in [0.2, 0.25) is 0 Å². The number of aryl methyl sites for hydroxylation is 1. The van der Waals surface area contributed by atoms with E-state index in [-0.39, 0.29) is 0 Å². The summed E-state index contributed by atoms with van der Waals surface area (Å²) in [5, 5.41) is 3.56. The first-order valence-corrected chi connectivity index (χ1v) is 7.96. The fourth-order valence-corrected chi connectivity index (χ4v) is 3.21. The van der Waals surface area contributed by atoms with Crippen LogP contribution >= 0.6 is 0 Å². The predicted molar refractivity (Wildman–Crippen MR) is 83.3 cm³/mol. The molecule has 1 aromatic carbocycles. The van der Waals surface area contributed by atoms with Gasteiger partial charge in [0.25, 0.3) is 0 Å². The molecule has 20 heavy (non-hydrogen) atoms. The van der Waals surface area contributed by atoms with E-state index in [9.17, 15) is 0 Å². The molecule has 2 heteroatoms. The van der Waals surface area contributed by atoms with Gasteiger partial charge in [-0.05, 0) is 57.2 Å². The lowest BCUT2D eigenvalue weighted by Crippen LogP contribution is -2.30. The van der Waals surface area contributed by atoms with Crippen LogP contribution in [0.15, 0.2) is 29.8 Å². The summed E-state index contributed by atoms with van der Waals surface area (Å²) >= 11 is 0. The highest BCUT2D eigenvalue weighted by Gasteiger charge is 2.22. The molecule has 0 amide bonds. The van der Waals surface area contributed by atoms with Crippen molar-refractivity contribution in [3.8, 4) is 5.75 Å². The summed E-state index contributed by atoms with van der Waals surface area (Å²) in [7, 11) is 0. The first kappa shape index (κ1) is 13.7. The van der Waals surface area contributed by atoms with Crippen LogP contribution in [0, 0.1) is 6.92 Å². The Hall–Kier alpha value is -1.28. The molecule has 0 bridgehead atoms. The van der Waals surface area contributed by atoms with Crippen molar-refractivity contribution in [2.75, 3.05) is 13.1 Å². The fraction of sp³-hybridized carbons (Fsp3) is 0.556. The molecule has 108 valence electrons. The molecule has 3 rings (SSSR count). The van der Waals surface area contributed by atoms with Crippen LogP contribution in [0.1, 0.15) is 43.2 Å². The Morgan fingerprint density at radius 2 is 2.25 bits per heavy atom. The zero-order valence-electron chi connectivity index (χ0n) is 12.5. The molecule has 0 saturated heterocycles. The summed E-state index contributed by atoms with van der Waals surface area (Å²) in [6.45, 7) is 4.19. The Bertz CT molecular complexity index is 492. The van der Waals surface area contributed by atoms with Gasteiger partial charge in [-0.3, -0.25) is 0 Å². The van der Waals surface area contributed by atoms with Crippen molar-refractivity contribution in [1.82, 2.24) is 5.32 Å². The number of allylic oxidation sites excluding steroid dienone is 1. The van der Waals surface area contributed by atoms with Crippen molar-refractivity contribution >= 4 is 0 Å². The number of benzene rings is 1. The van der Waals surface area contributed by atoms with E-state index in [0.29, 0.717) is 6.10 Å². The van der Waals surface area contributed by atoms with Gasteiger partial charge in [-0.2, -0.15) is 0 Å². The summed E-state index contributed by atoms with van der Waals surface area (Å²) in [5.74, 6) is 1.08. The van der Waals surface area contributed by atoms with E-state index in [1.165, 1.54) is 43.2 Å². The summed E-state index contributed by atoms with van der Waals surface area (Å²) in [5.41, 5.74) is 4.34. The topological polar surface area (TPSA) is 21.3 Å². The van der Waals surface area contributed by atoms with Gasteiger partial charge in [-0.15, -0.1) is 0 Å². The van der Waals surface area contributed by atoms with Gasteiger partial charge in [0.05, 0.1) is 0 Å². The van der Waals surface area contributed by atoms with Gasteiger partial charge in [-0.25, -0.2) is 0 Å². The van der Waals surface area contributed by atoms with E-state index >= 15 is 0 Å². The molecule has 1 aliphatic carbocycles. The lowest BCUT2D eigenvalue weighted by molar-refractivity contribution is 0.228. The van der Waals surface area contributed by atoms with E-state index in [4.69, 9.17) is 4.74 Å². The average Bonchev–Trinajstić information content (AvgIpc) is 2.86. The maximum absolute atomic E-state index is 5.98. The first-order chi connectivity index (χ1) is 9.81. The second-order valence-electron chi connectivity index (χ2n) is 6.12. The van der Waals surface area contributed by atoms with Gasteiger partial charge in [0.1, 0.15) is 11.9 Å². The maximum Gasteiger partial charge on any atom is 0.123 e. The SMILES string of the molecule is Cc1ccc2c(c1)CC(CNCCC1=CCCCC1)O2. The first-order valence-electron chi connectivity index (χ1n) is 7.96. The molecule has 1 atom stereocenters. The van der Waals surface area contributed by atoms with Crippen molar-refractivity contribution in [2.45, 2.75) is 51.6 Å². The Morgan fingerprint density at radius 1 is 1.30 bits per heavy atom. The number of rotatable bonds is 5. The smallest absolute Gasteiger partial charge is 0.123 e. The number of ether oxygens (including phenoxy) is 1. The van der Waals surface area contributed by atoms with Gasteiger partial charge < -0.3 is 10.1 Å². The zero-order chi connectivity index (χ0) is 13.8. The molecule has 1 aromatic rings. The van der Waals surface area contributed by atoms with Crippen LogP contribution in [0.3, 0.4) is 0 Å². The van der Waals surface area contributed by atoms with E-state index in [0.717, 1.165) is 25.3 Å². The standard InChI is InChI=1S/C18H25NO/c1-14-7-8-18-16(11-14)12-17(20-18)13-19-10-9-15-5-3-2-4-6-15/h5,7-8,11,17,19H,2-4,6,9-10,12-13H2,1H3. The third kappa shape index (κ3) is 3.43. The van der Waals surface area contributed by atoms with Gasteiger partial charge in [0, 0.05) is 13.0 Å². The zero-order valence-corrected chi connectivity index (χ0v) is 12.5. The molecule has 1 heterocycles. The molecule has 2 nitrogen and oxygen atoms in total. The quantitative estimate of drug-likeness (QED) is 0.650. The van der Waals surface area contributed by atoms with Crippen molar-refractivity contribution in [2.24, 2.45) is 0 Å². The Kier molecular flexibility index (Phi) is 4.41. The van der Waals surface area contributed by atoms with Crippen LogP contribution in [-0.4, -0.2) is 19.2 Å². The van der Waals surface area contributed by atoms with Crippen molar-refractivity contribution in [3.05, 3.63) is 41.0 Å². The Labute approximate surface area is 122 Å². The highest BCUT2D eigenvalue weighted by molar-refractivity contribution is 5.40. The number of hydrogen-bond donors (Lipinski definition) is 1. The second kappa shape index (κ2) is 6.45. The molecule has 1 aliphatic heterocycles. The van der Waals surface area contributed by atoms with Gasteiger partial charge in [0.2, 0.25) is 0 Å². The summed E-state index contributed by atoms with van der Waals surface area (Å²) in [6, 6.07) is 6.49. The van der Waals surface area contributed by atoms with E-state index in [1.54, 1.807) is 5.57 Å². The Balaban J connectivity index is 1.39. The molecule has 1 unspecified atom stereocenters. The fourth-order valence-electron chi connectivity index (χ4n) is 3.21. The van der Waals surface area contributed by atoms with Crippen LogP contribution in [0.25, 0.3) is 0 Å². The third-order valence-corrected chi connectivity index (χ3v) is 4.34. The number of fused-ring (bicyclic) bond motifs is 1. The molecule has 2 aliphatic rings. The van der Waals surface area contributed by atoms with Gasteiger partial charge >= 0.3 is 0 Å². The molecular formula is C18H25NO. The minimum absolute atomic E-state index is 0.312. The highest BCUT2D eigenvalue weighted by atomic mass is 16.5. The lowest BCUT2D eigenvalue weighted by atomic mass is 9.97. The number of hydrogen-bond acceptors (Lipinski definition) is 2. The predicted octanol–water partition coefficient (Wildman–Crippen LogP) is 3.78. The molecule has 0 aromatic heterocycles. The van der Waals surface area contributed by atoms with Crippen molar-refractivity contribution < 1.29 is 4.74 Å². The van der Waals surface area contributed by atoms with Crippen LogP contribution < -0.4 is 10.1 Å². The Morgan fingerprint density at radius 3 is 3.10 bits per heavy atom. The minimum Gasteiger partial charge on any atom is -0.488 e. The molecular weight excluding hydrogens is 246 g/mol. The molecule has 0 radical (unpaired) electrons. The largest absolute Gasteiger partial charge is 0.488 e. The molecule has 0 spiro atoms. The maximum atomic E-state index is 5.98. The normalized spacial score (nSPS) is 21.2. The van der Waals surface area contributed by atoms with E-state index in [1.807, 2.05) is 0 Å². The highest BCUT2D eigenvalue weighted by Crippen LogP contribution is 2.29. The third-order valence-electron chi connectivity index (χ3n) is 4.34. The number of nitrogens with one attached hydrogen (secondary N) is 1. The summed E-state index contributed by atoms with van der Waals surface area (Å²) in [6.07, 6.45) is 10.4. The van der Waals surface area contributed by atoms with Crippen molar-refractivity contribution in [1.29, 1.82) is 0 Å².